The average Bonchev–Trinajstić information content (AvgIpc) is 1.98. The highest BCUT2D eigenvalue weighted by Gasteiger charge is 2.16. The maximum absolute atomic E-state index is 10.1. The average molecular weight is 249 g/mol. The molecule has 17 heavy (non-hydrogen) atoms. The van der Waals surface area contributed by atoms with Gasteiger partial charge in [0.15, 0.2) is 0 Å². The van der Waals surface area contributed by atoms with Crippen molar-refractivity contribution >= 4 is 11.9 Å². The molecule has 1 atom stereocenters. The summed E-state index contributed by atoms with van der Waals surface area (Å²) in [5.74, 6) is -1.53. The van der Waals surface area contributed by atoms with E-state index in [9.17, 15) is 9.59 Å². The molecule has 0 aliphatic carbocycles. The number of hydrogen-bond donors (Lipinski definition) is 4. The van der Waals surface area contributed by atoms with Gasteiger partial charge in [0.05, 0.1) is 12.0 Å². The first kappa shape index (κ1) is 18.2. The lowest BCUT2D eigenvalue weighted by Crippen LogP contribution is -2.31. The Balaban J connectivity index is 0. The quantitative estimate of drug-likeness (QED) is 0.568. The zero-order chi connectivity index (χ0) is 14.2. The van der Waals surface area contributed by atoms with Gasteiger partial charge >= 0.3 is 11.9 Å². The van der Waals surface area contributed by atoms with Crippen LogP contribution in [0.5, 0.6) is 0 Å². The van der Waals surface area contributed by atoms with Crippen molar-refractivity contribution in [2.24, 2.45) is 11.7 Å². The van der Waals surface area contributed by atoms with E-state index in [0.717, 1.165) is 0 Å². The van der Waals surface area contributed by atoms with Gasteiger partial charge in [-0.2, -0.15) is 0 Å². The summed E-state index contributed by atoms with van der Waals surface area (Å²) in [5.41, 5.74) is 4.14. The first-order valence-electron chi connectivity index (χ1n) is 5.38. The summed E-state index contributed by atoms with van der Waals surface area (Å²) in [6.45, 7) is 6.81. The Hall–Kier alpha value is -1.14. The van der Waals surface area contributed by atoms with E-state index in [4.69, 9.17) is 21.1 Å². The number of carboxylic acids is 2. The lowest BCUT2D eigenvalue weighted by molar-refractivity contribution is -0.141. The molecule has 0 aromatic rings. The van der Waals surface area contributed by atoms with Crippen molar-refractivity contribution < 1.29 is 24.9 Å². The summed E-state index contributed by atoms with van der Waals surface area (Å²) < 4.78 is 0. The fraction of sp³-hybridized carbons (Fsp3) is 0.818. The van der Waals surface area contributed by atoms with Gasteiger partial charge in [-0.05, 0) is 26.2 Å². The number of carboxylic acid groups (broad SMARTS) is 2. The van der Waals surface area contributed by atoms with E-state index in [0.29, 0.717) is 12.3 Å². The van der Waals surface area contributed by atoms with Crippen molar-refractivity contribution in [3.8, 4) is 0 Å². The molecule has 0 aromatic carbocycles. The van der Waals surface area contributed by atoms with Crippen LogP contribution in [0.1, 0.15) is 40.5 Å². The molecule has 102 valence electrons. The number of aliphatic carboxylic acids is 2. The number of rotatable bonds is 5. The molecular formula is C11H23NO5. The summed E-state index contributed by atoms with van der Waals surface area (Å²) in [6.07, 6.45) is 0.350. The molecule has 0 spiro atoms. The maximum atomic E-state index is 10.1. The monoisotopic (exact) mass is 249 g/mol. The van der Waals surface area contributed by atoms with Crippen molar-refractivity contribution in [3.05, 3.63) is 0 Å². The second kappa shape index (κ2) is 8.03. The van der Waals surface area contributed by atoms with E-state index in [1.807, 2.05) is 13.8 Å². The van der Waals surface area contributed by atoms with Gasteiger partial charge in [0.1, 0.15) is 6.04 Å². The Bertz CT molecular complexity index is 245. The molecule has 0 rings (SSSR count). The molecule has 0 saturated heterocycles. The van der Waals surface area contributed by atoms with E-state index in [2.05, 4.69) is 0 Å². The SMILES string of the molecule is CC(C)(O)CC(=O)O.CC(C)CC(N)C(=O)O. The number of hydrogen-bond acceptors (Lipinski definition) is 4. The molecule has 0 heterocycles. The lowest BCUT2D eigenvalue weighted by Gasteiger charge is -2.12. The first-order chi connectivity index (χ1) is 7.45. The zero-order valence-electron chi connectivity index (χ0n) is 10.8. The molecule has 0 fully saturated rings. The second-order valence-corrected chi connectivity index (χ2v) is 4.96. The van der Waals surface area contributed by atoms with E-state index in [-0.39, 0.29) is 6.42 Å². The summed E-state index contributed by atoms with van der Waals surface area (Å²) >= 11 is 0. The largest absolute Gasteiger partial charge is 0.481 e. The fourth-order valence-electron chi connectivity index (χ4n) is 0.979. The van der Waals surface area contributed by atoms with Crippen LogP contribution in [0.15, 0.2) is 0 Å². The lowest BCUT2D eigenvalue weighted by atomic mass is 10.1. The Kier molecular flexibility index (Phi) is 8.61. The molecule has 6 heteroatoms. The minimum Gasteiger partial charge on any atom is -0.481 e. The van der Waals surface area contributed by atoms with Crippen LogP contribution in [-0.4, -0.2) is 38.9 Å². The van der Waals surface area contributed by atoms with Gasteiger partial charge in [0.2, 0.25) is 0 Å². The number of nitrogens with two attached hydrogens (primary N) is 1. The highest BCUT2D eigenvalue weighted by atomic mass is 16.4. The third-order valence-corrected chi connectivity index (χ3v) is 1.63. The maximum Gasteiger partial charge on any atom is 0.320 e. The topological polar surface area (TPSA) is 121 Å². The van der Waals surface area contributed by atoms with Gasteiger partial charge in [-0.3, -0.25) is 9.59 Å². The molecule has 1 unspecified atom stereocenters. The molecular weight excluding hydrogens is 226 g/mol. The van der Waals surface area contributed by atoms with Crippen LogP contribution in [0, 0.1) is 5.92 Å². The molecule has 0 aliphatic heterocycles. The Morgan fingerprint density at radius 3 is 1.71 bits per heavy atom. The van der Waals surface area contributed by atoms with Crippen LogP contribution >= 0.6 is 0 Å². The van der Waals surface area contributed by atoms with E-state index < -0.39 is 23.6 Å². The van der Waals surface area contributed by atoms with Gasteiger partial charge in [0.25, 0.3) is 0 Å². The molecule has 0 aliphatic rings. The van der Waals surface area contributed by atoms with Crippen molar-refractivity contribution in [1.82, 2.24) is 0 Å². The van der Waals surface area contributed by atoms with Gasteiger partial charge in [-0.15, -0.1) is 0 Å². The van der Waals surface area contributed by atoms with Gasteiger partial charge in [-0.1, -0.05) is 13.8 Å². The van der Waals surface area contributed by atoms with Crippen LogP contribution in [-0.2, 0) is 9.59 Å². The Morgan fingerprint density at radius 1 is 1.24 bits per heavy atom. The molecule has 0 radical (unpaired) electrons. The minimum absolute atomic E-state index is 0.201. The predicted molar refractivity (Wildman–Crippen MR) is 63.6 cm³/mol. The molecule has 6 nitrogen and oxygen atoms in total. The third-order valence-electron chi connectivity index (χ3n) is 1.63. The third kappa shape index (κ3) is 17.5. The van der Waals surface area contributed by atoms with Crippen molar-refractivity contribution in [1.29, 1.82) is 0 Å². The van der Waals surface area contributed by atoms with E-state index >= 15 is 0 Å². The zero-order valence-corrected chi connectivity index (χ0v) is 10.8. The van der Waals surface area contributed by atoms with Crippen LogP contribution in [0.25, 0.3) is 0 Å². The highest BCUT2D eigenvalue weighted by molar-refractivity contribution is 5.72. The summed E-state index contributed by atoms with van der Waals surface area (Å²) in [4.78, 5) is 20.0. The van der Waals surface area contributed by atoms with Crippen molar-refractivity contribution in [2.75, 3.05) is 0 Å². The number of aliphatic hydroxyl groups is 1. The predicted octanol–water partition coefficient (Wildman–Crippen LogP) is 0.676. The summed E-state index contributed by atoms with van der Waals surface area (Å²) in [5, 5.41) is 25.2. The number of carbonyl (C=O) groups is 2. The molecule has 5 N–H and O–H groups in total. The van der Waals surface area contributed by atoms with E-state index in [1.165, 1.54) is 13.8 Å². The van der Waals surface area contributed by atoms with Crippen molar-refractivity contribution in [3.63, 3.8) is 0 Å². The molecule has 0 amide bonds. The van der Waals surface area contributed by atoms with Crippen LogP contribution in [0.3, 0.4) is 0 Å². The van der Waals surface area contributed by atoms with Crippen LogP contribution < -0.4 is 5.73 Å². The van der Waals surface area contributed by atoms with Gasteiger partial charge < -0.3 is 21.1 Å². The molecule has 0 bridgehead atoms. The van der Waals surface area contributed by atoms with Crippen LogP contribution in [0.4, 0.5) is 0 Å². The van der Waals surface area contributed by atoms with E-state index in [1.54, 1.807) is 0 Å². The van der Waals surface area contributed by atoms with Crippen molar-refractivity contribution in [2.45, 2.75) is 52.2 Å². The highest BCUT2D eigenvalue weighted by Crippen LogP contribution is 2.05. The summed E-state index contributed by atoms with van der Waals surface area (Å²) in [7, 11) is 0. The molecule has 0 saturated carbocycles. The van der Waals surface area contributed by atoms with Gasteiger partial charge in [-0.25, -0.2) is 0 Å². The van der Waals surface area contributed by atoms with Gasteiger partial charge in [0, 0.05) is 0 Å². The fourth-order valence-corrected chi connectivity index (χ4v) is 0.979. The summed E-state index contributed by atoms with van der Waals surface area (Å²) in [6, 6.07) is -0.690. The second-order valence-electron chi connectivity index (χ2n) is 4.96. The minimum atomic E-state index is -1.08. The molecule has 0 aromatic heterocycles. The first-order valence-corrected chi connectivity index (χ1v) is 5.38. The Morgan fingerprint density at radius 2 is 1.65 bits per heavy atom. The van der Waals surface area contributed by atoms with Crippen LogP contribution in [0.2, 0.25) is 0 Å². The smallest absolute Gasteiger partial charge is 0.320 e. The normalized spacial score (nSPS) is 12.6. The standard InChI is InChI=1S/C6H13NO2.C5H10O3/c1-4(2)3-5(7)6(8)9;1-5(2,8)3-4(6)7/h4-5H,3,7H2,1-2H3,(H,8,9);8H,3H2,1-2H3,(H,6,7). The Labute approximate surface area is 101 Å².